The third kappa shape index (κ3) is 5.03. The predicted octanol–water partition coefficient (Wildman–Crippen LogP) is 3.37. The van der Waals surface area contributed by atoms with Crippen molar-refractivity contribution in [2.24, 2.45) is 0 Å². The molecule has 1 heterocycles. The number of aromatic nitrogens is 1. The molecule has 0 atom stereocenters. The maximum absolute atomic E-state index is 12.0. The summed E-state index contributed by atoms with van der Waals surface area (Å²) in [4.78, 5) is 28.4. The number of hydrogen-bond acceptors (Lipinski definition) is 5. The van der Waals surface area contributed by atoms with Crippen LogP contribution >= 0.6 is 11.3 Å². The molecule has 0 aliphatic rings. The molecular weight excluding hydrogens is 312 g/mol. The molecule has 0 aliphatic carbocycles. The average molecular weight is 330 g/mol. The van der Waals surface area contributed by atoms with Gasteiger partial charge in [-0.2, -0.15) is 0 Å². The molecule has 0 fully saturated rings. The predicted molar refractivity (Wildman–Crippen MR) is 90.7 cm³/mol. The highest BCUT2D eigenvalue weighted by Gasteiger charge is 2.17. The van der Waals surface area contributed by atoms with E-state index < -0.39 is 5.97 Å². The molecule has 1 aromatic heterocycles. The van der Waals surface area contributed by atoms with E-state index in [0.29, 0.717) is 28.5 Å². The lowest BCUT2D eigenvalue weighted by Crippen LogP contribution is -2.12. The van der Waals surface area contributed by atoms with Gasteiger partial charge in [-0.05, 0) is 18.9 Å². The zero-order valence-electron chi connectivity index (χ0n) is 12.9. The van der Waals surface area contributed by atoms with Crippen molar-refractivity contribution in [3.05, 3.63) is 59.1 Å². The highest BCUT2D eigenvalue weighted by molar-refractivity contribution is 7.17. The summed E-state index contributed by atoms with van der Waals surface area (Å²) in [6.45, 7) is 5.35. The summed E-state index contributed by atoms with van der Waals surface area (Å²) in [6.07, 6.45) is 2.52. The Morgan fingerprint density at radius 1 is 1.35 bits per heavy atom. The van der Waals surface area contributed by atoms with Gasteiger partial charge in [0.25, 0.3) is 0 Å². The Morgan fingerprint density at radius 3 is 2.78 bits per heavy atom. The second-order valence-corrected chi connectivity index (χ2v) is 5.85. The van der Waals surface area contributed by atoms with E-state index in [0.717, 1.165) is 16.9 Å². The molecular formula is C17H18N2O3S. The van der Waals surface area contributed by atoms with E-state index in [1.54, 1.807) is 6.92 Å². The van der Waals surface area contributed by atoms with Crippen molar-refractivity contribution < 1.29 is 14.3 Å². The third-order valence-corrected chi connectivity index (χ3v) is 4.10. The Bertz CT molecular complexity index is 695. The Balaban J connectivity index is 1.91. The van der Waals surface area contributed by atoms with Crippen LogP contribution in [0.2, 0.25) is 0 Å². The van der Waals surface area contributed by atoms with E-state index >= 15 is 0 Å². The van der Waals surface area contributed by atoms with Crippen molar-refractivity contribution in [1.82, 2.24) is 4.98 Å². The van der Waals surface area contributed by atoms with Crippen molar-refractivity contribution in [2.45, 2.75) is 19.8 Å². The zero-order chi connectivity index (χ0) is 16.7. The summed E-state index contributed by atoms with van der Waals surface area (Å²) in [6, 6.07) is 9.79. The molecule has 1 N–H and O–H groups in total. The normalized spacial score (nSPS) is 10.1. The summed E-state index contributed by atoms with van der Waals surface area (Å²) < 4.78 is 4.98. The topological polar surface area (TPSA) is 68.3 Å². The number of thiazole rings is 1. The summed E-state index contributed by atoms with van der Waals surface area (Å²) in [5.74, 6) is -0.585. The monoisotopic (exact) mass is 330 g/mol. The fraction of sp³-hybridized carbons (Fsp3) is 0.235. The van der Waals surface area contributed by atoms with Gasteiger partial charge < -0.3 is 10.1 Å². The van der Waals surface area contributed by atoms with Crippen LogP contribution in [0.4, 0.5) is 5.13 Å². The lowest BCUT2D eigenvalue weighted by Gasteiger charge is -2.02. The second-order valence-electron chi connectivity index (χ2n) is 4.85. The van der Waals surface area contributed by atoms with Crippen molar-refractivity contribution in [3.8, 4) is 0 Å². The Labute approximate surface area is 139 Å². The smallest absolute Gasteiger partial charge is 0.350 e. The number of carbonyl (C=O) groups excluding carboxylic acids is 2. The first kappa shape index (κ1) is 16.9. The van der Waals surface area contributed by atoms with E-state index in [1.165, 1.54) is 6.08 Å². The second kappa shape index (κ2) is 8.24. The molecule has 120 valence electrons. The van der Waals surface area contributed by atoms with E-state index in [9.17, 15) is 9.59 Å². The van der Waals surface area contributed by atoms with Crippen LogP contribution in [0.25, 0.3) is 0 Å². The van der Waals surface area contributed by atoms with Crippen molar-refractivity contribution in [2.75, 3.05) is 11.9 Å². The van der Waals surface area contributed by atoms with Crippen LogP contribution in [0.3, 0.4) is 0 Å². The van der Waals surface area contributed by atoms with Gasteiger partial charge in [-0.15, -0.1) is 0 Å². The van der Waals surface area contributed by atoms with Crippen LogP contribution in [0, 0.1) is 6.92 Å². The fourth-order valence-corrected chi connectivity index (χ4v) is 2.80. The lowest BCUT2D eigenvalue weighted by molar-refractivity contribution is -0.116. The molecule has 0 saturated carbocycles. The minimum atomic E-state index is -0.454. The van der Waals surface area contributed by atoms with Gasteiger partial charge in [0.05, 0.1) is 5.69 Å². The van der Waals surface area contributed by atoms with Crippen LogP contribution in [0.5, 0.6) is 0 Å². The zero-order valence-corrected chi connectivity index (χ0v) is 13.7. The van der Waals surface area contributed by atoms with Crippen molar-refractivity contribution in [1.29, 1.82) is 0 Å². The largest absolute Gasteiger partial charge is 0.457 e. The number of hydrogen-bond donors (Lipinski definition) is 1. The Hall–Kier alpha value is -2.47. The molecule has 0 radical (unpaired) electrons. The minimum absolute atomic E-state index is 0.131. The molecule has 5 nitrogen and oxygen atoms in total. The average Bonchev–Trinajstić information content (AvgIpc) is 2.92. The first-order chi connectivity index (χ1) is 11.1. The molecule has 1 amide bonds. The highest BCUT2D eigenvalue weighted by atomic mass is 32.1. The van der Waals surface area contributed by atoms with Crippen LogP contribution in [0.15, 0.2) is 43.0 Å². The van der Waals surface area contributed by atoms with Crippen LogP contribution < -0.4 is 5.32 Å². The molecule has 0 unspecified atom stereocenters. The Morgan fingerprint density at radius 2 is 2.09 bits per heavy atom. The third-order valence-electron chi connectivity index (χ3n) is 3.04. The van der Waals surface area contributed by atoms with E-state index in [2.05, 4.69) is 16.9 Å². The molecule has 2 aromatic rings. The fourth-order valence-electron chi connectivity index (χ4n) is 1.92. The maximum atomic E-state index is 12.0. The van der Waals surface area contributed by atoms with Crippen LogP contribution in [-0.2, 0) is 16.0 Å². The quantitative estimate of drug-likeness (QED) is 0.624. The molecule has 1 aromatic carbocycles. The maximum Gasteiger partial charge on any atom is 0.350 e. The van der Waals surface area contributed by atoms with Gasteiger partial charge in [0, 0.05) is 6.42 Å². The van der Waals surface area contributed by atoms with Gasteiger partial charge in [0.15, 0.2) is 5.13 Å². The van der Waals surface area contributed by atoms with Gasteiger partial charge in [0.1, 0.15) is 11.5 Å². The van der Waals surface area contributed by atoms with Gasteiger partial charge in [-0.3, -0.25) is 4.79 Å². The first-order valence-corrected chi connectivity index (χ1v) is 8.01. The molecule has 0 spiro atoms. The van der Waals surface area contributed by atoms with Crippen molar-refractivity contribution >= 4 is 28.3 Å². The number of ether oxygens (including phenoxy) is 1. The summed E-state index contributed by atoms with van der Waals surface area (Å²) >= 11 is 1.12. The summed E-state index contributed by atoms with van der Waals surface area (Å²) in [7, 11) is 0. The molecule has 0 saturated heterocycles. The number of nitrogens with zero attached hydrogens (tertiary/aromatic N) is 1. The number of anilines is 1. The SMILES string of the molecule is C=CCOC(=O)c1sc(NC(=O)CCc2ccccc2)nc1C. The first-order valence-electron chi connectivity index (χ1n) is 7.19. The van der Waals surface area contributed by atoms with E-state index in [4.69, 9.17) is 4.74 Å². The highest BCUT2D eigenvalue weighted by Crippen LogP contribution is 2.23. The lowest BCUT2D eigenvalue weighted by atomic mass is 10.1. The van der Waals surface area contributed by atoms with E-state index in [1.807, 2.05) is 30.3 Å². The van der Waals surface area contributed by atoms with Crippen molar-refractivity contribution in [3.63, 3.8) is 0 Å². The number of rotatable bonds is 7. The molecule has 23 heavy (non-hydrogen) atoms. The van der Waals surface area contributed by atoms with Gasteiger partial charge in [0.2, 0.25) is 5.91 Å². The minimum Gasteiger partial charge on any atom is -0.457 e. The van der Waals surface area contributed by atoms with Gasteiger partial charge in [-0.25, -0.2) is 9.78 Å². The van der Waals surface area contributed by atoms with Crippen LogP contribution in [0.1, 0.15) is 27.3 Å². The number of esters is 1. The molecule has 0 aliphatic heterocycles. The number of nitrogens with one attached hydrogen (secondary N) is 1. The Kier molecular flexibility index (Phi) is 6.05. The molecule has 0 bridgehead atoms. The molecule has 2 rings (SSSR count). The van der Waals surface area contributed by atoms with Gasteiger partial charge in [-0.1, -0.05) is 54.3 Å². The molecule has 6 heteroatoms. The number of carbonyl (C=O) groups is 2. The van der Waals surface area contributed by atoms with E-state index in [-0.39, 0.29) is 12.5 Å². The summed E-state index contributed by atoms with van der Waals surface area (Å²) in [5.41, 5.74) is 1.65. The standard InChI is InChI=1S/C17H18N2O3S/c1-3-11-22-16(21)15-12(2)18-17(23-15)19-14(20)10-9-13-7-5-4-6-8-13/h3-8H,1,9-11H2,2H3,(H,18,19,20). The van der Waals surface area contributed by atoms with Crippen LogP contribution in [-0.4, -0.2) is 23.5 Å². The number of amides is 1. The summed E-state index contributed by atoms with van der Waals surface area (Å²) in [5, 5.41) is 3.13. The number of benzene rings is 1. The number of aryl methyl sites for hydroxylation is 2. The van der Waals surface area contributed by atoms with Gasteiger partial charge >= 0.3 is 5.97 Å².